The molecule has 0 saturated carbocycles. The Kier molecular flexibility index (Phi) is 5.86. The number of piperazine rings is 1. The molecule has 0 radical (unpaired) electrons. The predicted octanol–water partition coefficient (Wildman–Crippen LogP) is 3.44. The van der Waals surface area contributed by atoms with E-state index in [2.05, 4.69) is 21.9 Å². The van der Waals surface area contributed by atoms with E-state index in [-0.39, 0.29) is 10.6 Å². The highest BCUT2D eigenvalue weighted by molar-refractivity contribution is 5.60. The lowest BCUT2D eigenvalue weighted by Gasteiger charge is -2.35. The van der Waals surface area contributed by atoms with Crippen molar-refractivity contribution in [1.82, 2.24) is 4.90 Å². The van der Waals surface area contributed by atoms with E-state index in [1.807, 2.05) is 30.4 Å². The minimum atomic E-state index is -0.340. The molecule has 26 heavy (non-hydrogen) atoms. The molecule has 2 aromatic carbocycles. The summed E-state index contributed by atoms with van der Waals surface area (Å²) in [6, 6.07) is 15.0. The molecular weight excluding hydrogens is 330 g/mol. The van der Waals surface area contributed by atoms with Crippen molar-refractivity contribution < 1.29 is 9.66 Å². The zero-order valence-corrected chi connectivity index (χ0v) is 14.9. The standard InChI is InChI=1S/C20H23N3O3/c1-26-19-10-8-18(9-11-19)22-15-13-21(14-16-22)12-4-6-17-5-2-3-7-20(17)23(24)25/h2-11H,12-16H2,1H3/b6-4+. The molecule has 6 nitrogen and oxygen atoms in total. The average molecular weight is 353 g/mol. The van der Waals surface area contributed by atoms with Crippen LogP contribution in [0.5, 0.6) is 5.75 Å². The Bertz CT molecular complexity index is 766. The number of benzene rings is 2. The molecule has 0 aliphatic carbocycles. The number of nitrogens with zero attached hydrogens (tertiary/aromatic N) is 3. The number of rotatable bonds is 6. The molecule has 3 rings (SSSR count). The molecule has 1 aliphatic heterocycles. The Morgan fingerprint density at radius 2 is 1.77 bits per heavy atom. The van der Waals surface area contributed by atoms with Crippen molar-refractivity contribution in [3.05, 3.63) is 70.3 Å². The first-order valence-electron chi connectivity index (χ1n) is 8.68. The highest BCUT2D eigenvalue weighted by Crippen LogP contribution is 2.21. The maximum atomic E-state index is 11.0. The van der Waals surface area contributed by atoms with Crippen LogP contribution in [0.1, 0.15) is 5.56 Å². The van der Waals surface area contributed by atoms with Gasteiger partial charge in [-0.1, -0.05) is 24.3 Å². The van der Waals surface area contributed by atoms with Crippen LogP contribution in [0.3, 0.4) is 0 Å². The van der Waals surface area contributed by atoms with Gasteiger partial charge in [0.1, 0.15) is 5.75 Å². The Hall–Kier alpha value is -2.86. The van der Waals surface area contributed by atoms with Crippen molar-refractivity contribution in [1.29, 1.82) is 0 Å². The highest BCUT2D eigenvalue weighted by atomic mass is 16.6. The third kappa shape index (κ3) is 4.40. The van der Waals surface area contributed by atoms with E-state index in [9.17, 15) is 10.1 Å². The fourth-order valence-corrected chi connectivity index (χ4v) is 3.11. The van der Waals surface area contributed by atoms with Crippen LogP contribution >= 0.6 is 0 Å². The maximum Gasteiger partial charge on any atom is 0.276 e. The topological polar surface area (TPSA) is 58.8 Å². The molecule has 1 heterocycles. The van der Waals surface area contributed by atoms with Crippen LogP contribution in [0.2, 0.25) is 0 Å². The lowest BCUT2D eigenvalue weighted by molar-refractivity contribution is -0.385. The first-order valence-corrected chi connectivity index (χ1v) is 8.68. The van der Waals surface area contributed by atoms with Crippen LogP contribution in [-0.4, -0.2) is 49.7 Å². The van der Waals surface area contributed by atoms with Gasteiger partial charge in [0.05, 0.1) is 17.6 Å². The molecule has 0 unspecified atom stereocenters. The van der Waals surface area contributed by atoms with Crippen LogP contribution in [-0.2, 0) is 0 Å². The predicted molar refractivity (Wildman–Crippen MR) is 104 cm³/mol. The minimum Gasteiger partial charge on any atom is -0.497 e. The van der Waals surface area contributed by atoms with Gasteiger partial charge in [-0.25, -0.2) is 0 Å². The number of para-hydroxylation sites is 1. The van der Waals surface area contributed by atoms with E-state index in [4.69, 9.17) is 4.74 Å². The summed E-state index contributed by atoms with van der Waals surface area (Å²) >= 11 is 0. The van der Waals surface area contributed by atoms with E-state index in [1.165, 1.54) is 11.8 Å². The quantitative estimate of drug-likeness (QED) is 0.588. The SMILES string of the molecule is COc1ccc(N2CCN(C/C=C/c3ccccc3[N+](=O)[O-])CC2)cc1. The Balaban J connectivity index is 1.52. The van der Waals surface area contributed by atoms with E-state index in [1.54, 1.807) is 19.2 Å². The van der Waals surface area contributed by atoms with E-state index < -0.39 is 0 Å². The van der Waals surface area contributed by atoms with Gasteiger partial charge in [-0.15, -0.1) is 0 Å². The van der Waals surface area contributed by atoms with Gasteiger partial charge in [-0.2, -0.15) is 0 Å². The Labute approximate surface area is 153 Å². The van der Waals surface area contributed by atoms with Gasteiger partial charge in [0, 0.05) is 44.5 Å². The van der Waals surface area contributed by atoms with Crippen LogP contribution in [0.15, 0.2) is 54.6 Å². The van der Waals surface area contributed by atoms with Crippen molar-refractivity contribution in [3.8, 4) is 5.75 Å². The molecule has 1 saturated heterocycles. The molecule has 136 valence electrons. The summed E-state index contributed by atoms with van der Waals surface area (Å²) in [6.07, 6.45) is 3.85. The van der Waals surface area contributed by atoms with Crippen molar-refractivity contribution in [2.24, 2.45) is 0 Å². The first kappa shape index (κ1) is 17.9. The summed E-state index contributed by atoms with van der Waals surface area (Å²) in [6.45, 7) is 4.65. The van der Waals surface area contributed by atoms with Crippen LogP contribution in [0.4, 0.5) is 11.4 Å². The van der Waals surface area contributed by atoms with Gasteiger partial charge in [-0.05, 0) is 30.3 Å². The molecule has 0 spiro atoms. The van der Waals surface area contributed by atoms with Crippen molar-refractivity contribution in [3.63, 3.8) is 0 Å². The molecule has 1 aliphatic rings. The molecule has 2 aromatic rings. The molecule has 0 atom stereocenters. The number of anilines is 1. The Morgan fingerprint density at radius 1 is 1.08 bits per heavy atom. The van der Waals surface area contributed by atoms with Crippen molar-refractivity contribution >= 4 is 17.5 Å². The lowest BCUT2D eigenvalue weighted by atomic mass is 10.1. The number of ether oxygens (including phenoxy) is 1. The number of hydrogen-bond acceptors (Lipinski definition) is 5. The lowest BCUT2D eigenvalue weighted by Crippen LogP contribution is -2.46. The smallest absolute Gasteiger partial charge is 0.276 e. The summed E-state index contributed by atoms with van der Waals surface area (Å²) in [5.41, 5.74) is 2.00. The molecule has 1 fully saturated rings. The third-order valence-corrected chi connectivity index (χ3v) is 4.60. The fraction of sp³-hybridized carbons (Fsp3) is 0.300. The first-order chi connectivity index (χ1) is 12.7. The average Bonchev–Trinajstić information content (AvgIpc) is 2.69. The van der Waals surface area contributed by atoms with Crippen molar-refractivity contribution in [2.45, 2.75) is 0 Å². The highest BCUT2D eigenvalue weighted by Gasteiger charge is 2.16. The van der Waals surface area contributed by atoms with Gasteiger partial charge < -0.3 is 9.64 Å². The van der Waals surface area contributed by atoms with Gasteiger partial charge in [0.25, 0.3) is 5.69 Å². The maximum absolute atomic E-state index is 11.0. The second-order valence-corrected chi connectivity index (χ2v) is 6.20. The summed E-state index contributed by atoms with van der Waals surface area (Å²) in [5.74, 6) is 0.868. The van der Waals surface area contributed by atoms with E-state index >= 15 is 0 Å². The summed E-state index contributed by atoms with van der Waals surface area (Å²) in [7, 11) is 1.67. The zero-order chi connectivity index (χ0) is 18.4. The van der Waals surface area contributed by atoms with E-state index in [0.717, 1.165) is 38.5 Å². The normalized spacial score (nSPS) is 15.3. The molecular formula is C20H23N3O3. The largest absolute Gasteiger partial charge is 0.497 e. The second-order valence-electron chi connectivity index (χ2n) is 6.20. The second kappa shape index (κ2) is 8.49. The molecule has 0 amide bonds. The molecule has 6 heteroatoms. The zero-order valence-electron chi connectivity index (χ0n) is 14.9. The molecule has 0 bridgehead atoms. The number of nitro groups is 1. The van der Waals surface area contributed by atoms with Crippen LogP contribution in [0.25, 0.3) is 6.08 Å². The fourth-order valence-electron chi connectivity index (χ4n) is 3.11. The van der Waals surface area contributed by atoms with Gasteiger partial charge in [0.2, 0.25) is 0 Å². The van der Waals surface area contributed by atoms with Crippen LogP contribution in [0, 0.1) is 10.1 Å². The van der Waals surface area contributed by atoms with E-state index in [0.29, 0.717) is 5.56 Å². The van der Waals surface area contributed by atoms with Crippen LogP contribution < -0.4 is 9.64 Å². The molecule has 0 aromatic heterocycles. The van der Waals surface area contributed by atoms with Gasteiger partial charge in [-0.3, -0.25) is 15.0 Å². The molecule has 0 N–H and O–H groups in total. The third-order valence-electron chi connectivity index (χ3n) is 4.60. The number of hydrogen-bond donors (Lipinski definition) is 0. The number of methoxy groups -OCH3 is 1. The van der Waals surface area contributed by atoms with Crippen molar-refractivity contribution in [2.75, 3.05) is 44.7 Å². The van der Waals surface area contributed by atoms with Gasteiger partial charge >= 0.3 is 0 Å². The monoisotopic (exact) mass is 353 g/mol. The Morgan fingerprint density at radius 3 is 2.42 bits per heavy atom. The summed E-state index contributed by atoms with van der Waals surface area (Å²) in [5, 5.41) is 11.0. The number of nitro benzene ring substituents is 1. The summed E-state index contributed by atoms with van der Waals surface area (Å²) in [4.78, 5) is 15.4. The minimum absolute atomic E-state index is 0.146. The summed E-state index contributed by atoms with van der Waals surface area (Å²) < 4.78 is 5.20. The van der Waals surface area contributed by atoms with Gasteiger partial charge in [0.15, 0.2) is 0 Å².